The fraction of sp³-hybridized carbons (Fsp3) is 0.269. The fourth-order valence-electron chi connectivity index (χ4n) is 4.12. The number of hydrogen-bond donors (Lipinski definition) is 0. The van der Waals surface area contributed by atoms with E-state index in [1.165, 1.54) is 15.5 Å². The van der Waals surface area contributed by atoms with Crippen molar-refractivity contribution in [3.8, 4) is 0 Å². The van der Waals surface area contributed by atoms with Crippen LogP contribution in [0.3, 0.4) is 0 Å². The van der Waals surface area contributed by atoms with Crippen LogP contribution in [0.1, 0.15) is 44.7 Å². The summed E-state index contributed by atoms with van der Waals surface area (Å²) in [5.74, 6) is 0.389. The summed E-state index contributed by atoms with van der Waals surface area (Å²) in [6, 6.07) is 17.9. The summed E-state index contributed by atoms with van der Waals surface area (Å²) in [6.45, 7) is 6.53. The molecule has 0 N–H and O–H groups in total. The van der Waals surface area contributed by atoms with Crippen LogP contribution in [0.4, 0.5) is 0 Å². The maximum Gasteiger partial charge on any atom is 0.298 e. The van der Waals surface area contributed by atoms with Gasteiger partial charge in [-0.3, -0.25) is 4.79 Å². The van der Waals surface area contributed by atoms with Crippen LogP contribution in [0.15, 0.2) is 86.9 Å². The molecule has 0 spiro atoms. The van der Waals surface area contributed by atoms with Crippen LogP contribution in [0.5, 0.6) is 0 Å². The lowest BCUT2D eigenvalue weighted by Gasteiger charge is -2.28. The van der Waals surface area contributed by atoms with Crippen LogP contribution in [0, 0.1) is 5.41 Å². The lowest BCUT2D eigenvalue weighted by Crippen LogP contribution is -2.31. The molecule has 0 bridgehead atoms. The highest BCUT2D eigenvalue weighted by Crippen LogP contribution is 2.33. The van der Waals surface area contributed by atoms with Gasteiger partial charge in [0.1, 0.15) is 5.70 Å². The highest BCUT2D eigenvalue weighted by atomic mass is 32.2. The number of carbonyl (C=O) groups is 1. The van der Waals surface area contributed by atoms with E-state index in [2.05, 4.69) is 39.0 Å². The van der Waals surface area contributed by atoms with Crippen molar-refractivity contribution in [3.05, 3.63) is 83.1 Å². The molecule has 0 unspecified atom stereocenters. The summed E-state index contributed by atoms with van der Waals surface area (Å²) in [6.07, 6.45) is 7.79. The lowest BCUT2D eigenvalue weighted by molar-refractivity contribution is -0.122. The van der Waals surface area contributed by atoms with E-state index < -0.39 is 0 Å². The third-order valence-electron chi connectivity index (χ3n) is 5.31. The highest BCUT2D eigenvalue weighted by molar-refractivity contribution is 7.98. The van der Waals surface area contributed by atoms with Crippen LogP contribution >= 0.6 is 11.8 Å². The topological polar surface area (TPSA) is 45.0 Å². The predicted molar refractivity (Wildman–Crippen MR) is 130 cm³/mol. The Balaban J connectivity index is 1.73. The molecule has 0 fully saturated rings. The SMILES string of the molecule is CSc1ccc(C=C2N=C(c3ccccc3)N(N=C3CC(C)=CC(C)(C)C3)C2=O)cc1. The van der Waals surface area contributed by atoms with Gasteiger partial charge in [0.15, 0.2) is 5.84 Å². The van der Waals surface area contributed by atoms with E-state index in [1.807, 2.05) is 54.8 Å². The summed E-state index contributed by atoms with van der Waals surface area (Å²) in [4.78, 5) is 19.2. The number of amides is 1. The molecule has 158 valence electrons. The number of aliphatic imine (C=N–C) groups is 1. The Labute approximate surface area is 188 Å². The Bertz CT molecular complexity index is 1110. The Hall–Kier alpha value is -2.92. The van der Waals surface area contributed by atoms with E-state index >= 15 is 0 Å². The lowest BCUT2D eigenvalue weighted by atomic mass is 9.79. The first-order valence-corrected chi connectivity index (χ1v) is 11.7. The summed E-state index contributed by atoms with van der Waals surface area (Å²) in [5, 5.41) is 6.31. The van der Waals surface area contributed by atoms with Crippen molar-refractivity contribution < 1.29 is 4.79 Å². The van der Waals surface area contributed by atoms with Crippen molar-refractivity contribution in [1.29, 1.82) is 0 Å². The molecule has 5 heteroatoms. The number of rotatable bonds is 4. The molecule has 2 aliphatic rings. The number of amidine groups is 1. The van der Waals surface area contributed by atoms with Crippen molar-refractivity contribution in [2.45, 2.75) is 38.5 Å². The third-order valence-corrected chi connectivity index (χ3v) is 6.05. The van der Waals surface area contributed by atoms with Gasteiger partial charge in [0.05, 0.1) is 0 Å². The standard InChI is InChI=1S/C26H27N3OS/c1-18-14-21(17-26(2,3)16-18)28-29-24(20-8-6-5-7-9-20)27-23(25(29)30)15-19-10-12-22(31-4)13-11-19/h5-13,15-16H,14,17H2,1-4H3. The molecule has 4 rings (SSSR count). The van der Waals surface area contributed by atoms with Gasteiger partial charge >= 0.3 is 0 Å². The van der Waals surface area contributed by atoms with Gasteiger partial charge in [0.2, 0.25) is 0 Å². The molecule has 1 aliphatic heterocycles. The predicted octanol–water partition coefficient (Wildman–Crippen LogP) is 6.16. The smallest absolute Gasteiger partial charge is 0.265 e. The maximum absolute atomic E-state index is 13.4. The van der Waals surface area contributed by atoms with E-state index in [4.69, 9.17) is 10.1 Å². The molecule has 4 nitrogen and oxygen atoms in total. The zero-order valence-corrected chi connectivity index (χ0v) is 19.2. The number of carbonyl (C=O) groups excluding carboxylic acids is 1. The van der Waals surface area contributed by atoms with Crippen LogP contribution in [-0.4, -0.2) is 28.7 Å². The molecule has 2 aromatic rings. The van der Waals surface area contributed by atoms with Gasteiger partial charge in [-0.1, -0.05) is 68.0 Å². The van der Waals surface area contributed by atoms with Crippen molar-refractivity contribution in [3.63, 3.8) is 0 Å². The second-order valence-electron chi connectivity index (χ2n) is 8.72. The third kappa shape index (κ3) is 4.88. The molecule has 0 atom stereocenters. The molecule has 2 aromatic carbocycles. The van der Waals surface area contributed by atoms with Crippen LogP contribution < -0.4 is 0 Å². The van der Waals surface area contributed by atoms with Gasteiger partial charge in [-0.15, -0.1) is 11.8 Å². The second kappa shape index (κ2) is 8.67. The number of benzene rings is 2. The van der Waals surface area contributed by atoms with Gasteiger partial charge in [0, 0.05) is 22.6 Å². The fourth-order valence-corrected chi connectivity index (χ4v) is 4.53. The van der Waals surface area contributed by atoms with E-state index in [0.717, 1.165) is 29.7 Å². The molecular weight excluding hydrogens is 402 g/mol. The number of hydrogen-bond acceptors (Lipinski definition) is 4. The number of thioether (sulfide) groups is 1. The van der Waals surface area contributed by atoms with E-state index in [9.17, 15) is 4.79 Å². The number of hydrazone groups is 1. The number of allylic oxidation sites excluding steroid dienone is 2. The molecule has 1 heterocycles. The highest BCUT2D eigenvalue weighted by Gasteiger charge is 2.33. The Morgan fingerprint density at radius 2 is 1.81 bits per heavy atom. The normalized spacial score (nSPS) is 20.9. The van der Waals surface area contributed by atoms with Gasteiger partial charge in [-0.05, 0) is 48.8 Å². The molecule has 31 heavy (non-hydrogen) atoms. The minimum Gasteiger partial charge on any atom is -0.265 e. The van der Waals surface area contributed by atoms with Crippen LogP contribution in [-0.2, 0) is 4.79 Å². The van der Waals surface area contributed by atoms with Gasteiger partial charge < -0.3 is 0 Å². The average Bonchev–Trinajstić information content (AvgIpc) is 3.03. The van der Waals surface area contributed by atoms with Crippen molar-refractivity contribution in [2.24, 2.45) is 15.5 Å². The molecular formula is C26H27N3OS. The van der Waals surface area contributed by atoms with Gasteiger partial charge in [-0.25, -0.2) is 4.99 Å². The molecule has 0 saturated carbocycles. The van der Waals surface area contributed by atoms with Gasteiger partial charge in [0.25, 0.3) is 5.91 Å². The Morgan fingerprint density at radius 1 is 1.10 bits per heavy atom. The Kier molecular flexibility index (Phi) is 5.96. The summed E-state index contributed by atoms with van der Waals surface area (Å²) < 4.78 is 0. The first-order valence-electron chi connectivity index (χ1n) is 10.4. The van der Waals surface area contributed by atoms with E-state index in [1.54, 1.807) is 11.8 Å². The summed E-state index contributed by atoms with van der Waals surface area (Å²) in [7, 11) is 0. The zero-order valence-electron chi connectivity index (χ0n) is 18.4. The van der Waals surface area contributed by atoms with E-state index in [-0.39, 0.29) is 11.3 Å². The largest absolute Gasteiger partial charge is 0.298 e. The van der Waals surface area contributed by atoms with Crippen molar-refractivity contribution in [2.75, 3.05) is 6.26 Å². The number of nitrogens with zero attached hydrogens (tertiary/aromatic N) is 3. The first-order chi connectivity index (χ1) is 14.8. The maximum atomic E-state index is 13.4. The van der Waals surface area contributed by atoms with Crippen LogP contribution in [0.25, 0.3) is 6.08 Å². The molecule has 1 aliphatic carbocycles. The molecule has 0 saturated heterocycles. The minimum absolute atomic E-state index is 0.0334. The van der Waals surface area contributed by atoms with Crippen molar-refractivity contribution in [1.82, 2.24) is 5.01 Å². The first kappa shape index (κ1) is 21.3. The monoisotopic (exact) mass is 429 g/mol. The summed E-state index contributed by atoms with van der Waals surface area (Å²) >= 11 is 1.69. The van der Waals surface area contributed by atoms with Gasteiger partial charge in [-0.2, -0.15) is 10.1 Å². The quantitative estimate of drug-likeness (QED) is 0.332. The van der Waals surface area contributed by atoms with E-state index in [0.29, 0.717) is 11.5 Å². The minimum atomic E-state index is -0.190. The molecule has 0 radical (unpaired) electrons. The summed E-state index contributed by atoms with van der Waals surface area (Å²) in [5.41, 5.74) is 4.55. The Morgan fingerprint density at radius 3 is 2.45 bits per heavy atom. The zero-order chi connectivity index (χ0) is 22.0. The molecule has 0 aromatic heterocycles. The van der Waals surface area contributed by atoms with Crippen molar-refractivity contribution >= 4 is 35.3 Å². The average molecular weight is 430 g/mol. The molecule has 1 amide bonds. The van der Waals surface area contributed by atoms with Crippen LogP contribution in [0.2, 0.25) is 0 Å². The second-order valence-corrected chi connectivity index (χ2v) is 9.60.